The van der Waals surface area contributed by atoms with Gasteiger partial charge in [-0.1, -0.05) is 49.6 Å². The van der Waals surface area contributed by atoms with Crippen LogP contribution in [-0.4, -0.2) is 58.6 Å². The van der Waals surface area contributed by atoms with Crippen molar-refractivity contribution >= 4 is 11.8 Å². The van der Waals surface area contributed by atoms with Crippen LogP contribution >= 0.6 is 0 Å². The highest BCUT2D eigenvalue weighted by atomic mass is 16.5. The summed E-state index contributed by atoms with van der Waals surface area (Å²) in [7, 11) is 0. The predicted octanol–water partition coefficient (Wildman–Crippen LogP) is 2.82. The second-order valence-corrected chi connectivity index (χ2v) is 12.0. The molecule has 0 unspecified atom stereocenters. The van der Waals surface area contributed by atoms with Crippen LogP contribution in [0.2, 0.25) is 0 Å². The molecule has 2 aromatic rings. The molecule has 38 heavy (non-hydrogen) atoms. The van der Waals surface area contributed by atoms with E-state index in [1.165, 1.54) is 31.3 Å². The molecular weight excluding hydrogens is 480 g/mol. The number of rotatable bonds is 8. The van der Waals surface area contributed by atoms with Gasteiger partial charge in [-0.25, -0.2) is 0 Å². The van der Waals surface area contributed by atoms with Gasteiger partial charge in [0.2, 0.25) is 5.91 Å². The molecule has 8 nitrogen and oxygen atoms in total. The Hall–Kier alpha value is -2.97. The number of fused-ring (bicyclic) bond motifs is 1. The summed E-state index contributed by atoms with van der Waals surface area (Å²) >= 11 is 0. The van der Waals surface area contributed by atoms with Gasteiger partial charge < -0.3 is 20.9 Å². The van der Waals surface area contributed by atoms with Crippen LogP contribution in [0.3, 0.4) is 0 Å². The fourth-order valence-electron chi connectivity index (χ4n) is 5.99. The maximum absolute atomic E-state index is 13.4. The van der Waals surface area contributed by atoms with E-state index in [9.17, 15) is 19.9 Å². The van der Waals surface area contributed by atoms with Crippen molar-refractivity contribution in [1.29, 1.82) is 0 Å². The average Bonchev–Trinajstić information content (AvgIpc) is 2.87. The van der Waals surface area contributed by atoms with E-state index in [1.807, 2.05) is 51.1 Å². The van der Waals surface area contributed by atoms with E-state index in [2.05, 4.69) is 15.5 Å². The van der Waals surface area contributed by atoms with Gasteiger partial charge in [0.15, 0.2) is 12.4 Å². The summed E-state index contributed by atoms with van der Waals surface area (Å²) in [5.74, 6) is 0.642. The molecule has 0 radical (unpaired) electrons. The van der Waals surface area contributed by atoms with Gasteiger partial charge in [0.25, 0.3) is 5.91 Å². The zero-order chi connectivity index (χ0) is 27.3. The third-order valence-corrected chi connectivity index (χ3v) is 7.84. The number of likely N-dealkylation sites (tertiary alicyclic amines) is 1. The van der Waals surface area contributed by atoms with Gasteiger partial charge in [0, 0.05) is 24.7 Å². The second kappa shape index (κ2) is 12.3. The number of amides is 2. The predicted molar refractivity (Wildman–Crippen MR) is 146 cm³/mol. The Morgan fingerprint density at radius 1 is 1.11 bits per heavy atom. The summed E-state index contributed by atoms with van der Waals surface area (Å²) in [5.41, 5.74) is 0.873. The lowest BCUT2D eigenvalue weighted by atomic mass is 9.72. The Morgan fingerprint density at radius 3 is 2.50 bits per heavy atom. The van der Waals surface area contributed by atoms with Gasteiger partial charge in [0.05, 0.1) is 18.2 Å². The lowest BCUT2D eigenvalue weighted by Gasteiger charge is -2.47. The smallest absolute Gasteiger partial charge is 0.257 e. The van der Waals surface area contributed by atoms with Crippen molar-refractivity contribution < 1.29 is 19.4 Å². The van der Waals surface area contributed by atoms with Crippen molar-refractivity contribution in [2.45, 2.75) is 83.0 Å². The summed E-state index contributed by atoms with van der Waals surface area (Å²) in [4.78, 5) is 28.6. The second-order valence-electron chi connectivity index (χ2n) is 12.0. The van der Waals surface area contributed by atoms with Gasteiger partial charge >= 0.3 is 0 Å². The first-order valence-corrected chi connectivity index (χ1v) is 13.9. The van der Waals surface area contributed by atoms with Crippen LogP contribution in [0.15, 0.2) is 54.9 Å². The highest BCUT2D eigenvalue weighted by Crippen LogP contribution is 2.39. The maximum Gasteiger partial charge on any atom is 0.257 e. The Labute approximate surface area is 226 Å². The summed E-state index contributed by atoms with van der Waals surface area (Å²) in [5, 5.41) is 29.4. The summed E-state index contributed by atoms with van der Waals surface area (Å²) < 4.78 is 0.588. The molecule has 1 aromatic carbocycles. The first-order chi connectivity index (χ1) is 18.1. The molecule has 1 aliphatic heterocycles. The van der Waals surface area contributed by atoms with E-state index in [-0.39, 0.29) is 29.6 Å². The number of nitrogens with one attached hydrogen (secondary N) is 2. The number of pyridine rings is 1. The molecule has 0 bridgehead atoms. The van der Waals surface area contributed by atoms with E-state index >= 15 is 0 Å². The summed E-state index contributed by atoms with van der Waals surface area (Å²) in [6.45, 7) is 7.00. The standard InChI is InChI=1S/C30H42N4O4/c1-30(2,3)32-29(37)26-17-22-12-7-8-13-23(22)18-33(26)20-27(35)25(16-21-10-5-4-6-11-21)31-28(36)24-14-9-15-34(38)19-24/h4-6,9-11,14-15,19,22-23,25-27,35H,7-8,12-13,16-18,20H2,1-3H3,(H,31,36)(H,32,37)/t22-,23+,25-,26-,27+/m0/s1. The van der Waals surface area contributed by atoms with Crippen LogP contribution in [0, 0.1) is 17.0 Å². The number of aliphatic hydroxyl groups excluding tert-OH is 1. The lowest BCUT2D eigenvalue weighted by Crippen LogP contribution is -2.60. The monoisotopic (exact) mass is 522 g/mol. The Morgan fingerprint density at radius 2 is 1.82 bits per heavy atom. The maximum atomic E-state index is 13.4. The molecule has 3 N–H and O–H groups in total. The molecule has 1 aliphatic carbocycles. The summed E-state index contributed by atoms with van der Waals surface area (Å²) in [6, 6.07) is 11.9. The third-order valence-electron chi connectivity index (χ3n) is 7.84. The van der Waals surface area contributed by atoms with Crippen LogP contribution in [0.25, 0.3) is 0 Å². The van der Waals surface area contributed by atoms with Crippen LogP contribution in [0.5, 0.6) is 0 Å². The number of carbonyl (C=O) groups excluding carboxylic acids is 2. The molecule has 8 heteroatoms. The van der Waals surface area contributed by atoms with Crippen molar-refractivity contribution in [1.82, 2.24) is 15.5 Å². The number of carbonyl (C=O) groups is 2. The summed E-state index contributed by atoms with van der Waals surface area (Å²) in [6.07, 6.45) is 7.59. The number of hydrogen-bond donors (Lipinski definition) is 3. The fraction of sp³-hybridized carbons (Fsp3) is 0.567. The minimum atomic E-state index is -0.910. The normalized spacial score (nSPS) is 23.6. The molecule has 2 heterocycles. The van der Waals surface area contributed by atoms with Crippen molar-refractivity contribution in [2.24, 2.45) is 11.8 Å². The molecule has 1 aromatic heterocycles. The fourth-order valence-corrected chi connectivity index (χ4v) is 5.99. The molecule has 2 amide bonds. The van der Waals surface area contributed by atoms with E-state index in [1.54, 1.807) is 6.07 Å². The average molecular weight is 523 g/mol. The zero-order valence-electron chi connectivity index (χ0n) is 22.8. The van der Waals surface area contributed by atoms with E-state index in [4.69, 9.17) is 0 Å². The van der Waals surface area contributed by atoms with Crippen molar-refractivity contribution in [3.05, 3.63) is 71.2 Å². The molecule has 206 valence electrons. The van der Waals surface area contributed by atoms with Gasteiger partial charge in [-0.2, -0.15) is 4.73 Å². The van der Waals surface area contributed by atoms with E-state index < -0.39 is 18.1 Å². The number of nitrogens with zero attached hydrogens (tertiary/aromatic N) is 2. The minimum Gasteiger partial charge on any atom is -0.619 e. The van der Waals surface area contributed by atoms with Crippen LogP contribution < -0.4 is 15.4 Å². The number of piperidine rings is 1. The van der Waals surface area contributed by atoms with Crippen LogP contribution in [0.1, 0.15) is 68.8 Å². The van der Waals surface area contributed by atoms with Crippen molar-refractivity contribution in [3.63, 3.8) is 0 Å². The molecule has 4 rings (SSSR count). The first kappa shape index (κ1) is 28.0. The number of aromatic nitrogens is 1. The first-order valence-electron chi connectivity index (χ1n) is 13.9. The topological polar surface area (TPSA) is 109 Å². The highest BCUT2D eigenvalue weighted by molar-refractivity contribution is 5.93. The van der Waals surface area contributed by atoms with Crippen LogP contribution in [-0.2, 0) is 11.2 Å². The largest absolute Gasteiger partial charge is 0.619 e. The van der Waals surface area contributed by atoms with Gasteiger partial charge in [0.1, 0.15) is 5.56 Å². The molecule has 1 saturated heterocycles. The Kier molecular flexibility index (Phi) is 9.05. The number of aliphatic hydroxyl groups is 1. The Balaban J connectivity index is 1.54. The molecule has 0 spiro atoms. The molecule has 5 atom stereocenters. The van der Waals surface area contributed by atoms with Gasteiger partial charge in [-0.15, -0.1) is 0 Å². The number of β-amino-alcohol motifs (C(OH)–C–C–N with tert-alkyl or cyclic N) is 1. The van der Waals surface area contributed by atoms with Crippen molar-refractivity contribution in [3.8, 4) is 0 Å². The SMILES string of the molecule is CC(C)(C)NC(=O)[C@@H]1C[C@@H]2CCCC[C@@H]2CN1C[C@@H](O)[C@H](Cc1ccccc1)NC(=O)c1ccc[n+]([O-])c1. The van der Waals surface area contributed by atoms with E-state index in [0.717, 1.165) is 31.4 Å². The molecule has 2 aliphatic rings. The minimum absolute atomic E-state index is 0.00153. The van der Waals surface area contributed by atoms with Crippen LogP contribution in [0.4, 0.5) is 0 Å². The highest BCUT2D eigenvalue weighted by Gasteiger charge is 2.41. The number of benzene rings is 1. The number of hydrogen-bond acceptors (Lipinski definition) is 5. The van der Waals surface area contributed by atoms with E-state index in [0.29, 0.717) is 23.0 Å². The zero-order valence-corrected chi connectivity index (χ0v) is 22.8. The lowest BCUT2D eigenvalue weighted by molar-refractivity contribution is -0.605. The molecule has 1 saturated carbocycles. The van der Waals surface area contributed by atoms with Gasteiger partial charge in [-0.05, 0) is 63.5 Å². The van der Waals surface area contributed by atoms with Gasteiger partial charge in [-0.3, -0.25) is 14.5 Å². The molecular formula is C30H42N4O4. The Bertz CT molecular complexity index is 1090. The van der Waals surface area contributed by atoms with Crippen molar-refractivity contribution in [2.75, 3.05) is 13.1 Å². The third kappa shape index (κ3) is 7.54. The quantitative estimate of drug-likeness (QED) is 0.365. The molecule has 2 fully saturated rings.